The van der Waals surface area contributed by atoms with Crippen molar-refractivity contribution < 1.29 is 23.5 Å². The molecule has 2 atom stereocenters. The van der Waals surface area contributed by atoms with Crippen molar-refractivity contribution in [2.24, 2.45) is 5.92 Å². The van der Waals surface area contributed by atoms with Crippen LogP contribution < -0.4 is 10.1 Å². The number of aromatic amines is 1. The van der Waals surface area contributed by atoms with Gasteiger partial charge in [0.2, 0.25) is 5.91 Å². The van der Waals surface area contributed by atoms with E-state index < -0.39 is 5.82 Å². The Kier molecular flexibility index (Phi) is 6.61. The lowest BCUT2D eigenvalue weighted by molar-refractivity contribution is -0.135. The normalized spacial score (nSPS) is 19.6. The highest BCUT2D eigenvalue weighted by molar-refractivity contribution is 6.09. The van der Waals surface area contributed by atoms with Crippen molar-refractivity contribution in [3.05, 3.63) is 41.6 Å². The van der Waals surface area contributed by atoms with E-state index in [4.69, 9.17) is 9.47 Å². The molecule has 0 spiro atoms. The average molecular weight is 496 g/mol. The van der Waals surface area contributed by atoms with Gasteiger partial charge in [0.05, 0.1) is 17.7 Å². The van der Waals surface area contributed by atoms with Gasteiger partial charge in [0.1, 0.15) is 35.7 Å². The second-order valence-corrected chi connectivity index (χ2v) is 9.70. The van der Waals surface area contributed by atoms with Crippen LogP contribution in [0.25, 0.3) is 22.3 Å². The molecule has 2 N–H and O–H groups in total. The number of aromatic nitrogens is 3. The standard InChI is InChI=1S/C26H30FN5O4/c1-14-8-18(10-32(14)21(33)12-35-3)31-26(34)22-15(2)30-25-23(28-13-29-24(22)25)19-9-17(27)6-7-20(19)36-11-16-4-5-16/h6-7,9,13-14,16,18,30H,4-5,8,10-12H2,1-3H3,(H,31,34)/t14-,18-/m1/s1. The highest BCUT2D eigenvalue weighted by Gasteiger charge is 2.34. The summed E-state index contributed by atoms with van der Waals surface area (Å²) in [5.41, 5.74) is 3.00. The maximum absolute atomic E-state index is 14.2. The van der Waals surface area contributed by atoms with Gasteiger partial charge in [-0.3, -0.25) is 9.59 Å². The lowest BCUT2D eigenvalue weighted by Gasteiger charge is -2.20. The van der Waals surface area contributed by atoms with Crippen LogP contribution in [0.2, 0.25) is 0 Å². The van der Waals surface area contributed by atoms with Gasteiger partial charge in [-0.1, -0.05) is 0 Å². The van der Waals surface area contributed by atoms with E-state index in [-0.39, 0.29) is 30.5 Å². The third kappa shape index (κ3) is 4.77. The Bertz CT molecular complexity index is 1300. The van der Waals surface area contributed by atoms with E-state index in [1.807, 2.05) is 6.92 Å². The topological polar surface area (TPSA) is 109 Å². The lowest BCUT2D eigenvalue weighted by atomic mass is 10.1. The molecule has 9 nitrogen and oxygen atoms in total. The smallest absolute Gasteiger partial charge is 0.255 e. The number of hydrogen-bond donors (Lipinski definition) is 2. The van der Waals surface area contributed by atoms with Gasteiger partial charge in [-0.25, -0.2) is 14.4 Å². The molecule has 5 rings (SSSR count). The van der Waals surface area contributed by atoms with Crippen LogP contribution in [0.3, 0.4) is 0 Å². The number of fused-ring (bicyclic) bond motifs is 1. The van der Waals surface area contributed by atoms with Gasteiger partial charge in [0.25, 0.3) is 5.91 Å². The quantitative estimate of drug-likeness (QED) is 0.497. The van der Waals surface area contributed by atoms with E-state index in [9.17, 15) is 14.0 Å². The fraction of sp³-hybridized carbons (Fsp3) is 0.462. The van der Waals surface area contributed by atoms with Gasteiger partial charge in [0, 0.05) is 37.0 Å². The van der Waals surface area contributed by atoms with E-state index in [2.05, 4.69) is 20.3 Å². The largest absolute Gasteiger partial charge is 0.493 e. The third-order valence-electron chi connectivity index (χ3n) is 6.86. The highest BCUT2D eigenvalue weighted by atomic mass is 19.1. The molecular formula is C26H30FN5O4. The van der Waals surface area contributed by atoms with Crippen molar-refractivity contribution in [3.63, 3.8) is 0 Å². The summed E-state index contributed by atoms with van der Waals surface area (Å²) in [5.74, 6) is 0.292. The Balaban J connectivity index is 1.42. The van der Waals surface area contributed by atoms with Gasteiger partial charge < -0.3 is 24.7 Å². The van der Waals surface area contributed by atoms with Crippen LogP contribution in [0.15, 0.2) is 24.5 Å². The summed E-state index contributed by atoms with van der Waals surface area (Å²) >= 11 is 0. The van der Waals surface area contributed by atoms with Crippen molar-refractivity contribution >= 4 is 22.8 Å². The summed E-state index contributed by atoms with van der Waals surface area (Å²) in [6.45, 7) is 4.76. The van der Waals surface area contributed by atoms with Crippen LogP contribution >= 0.6 is 0 Å². The van der Waals surface area contributed by atoms with Crippen molar-refractivity contribution in [2.75, 3.05) is 26.9 Å². The number of ether oxygens (including phenoxy) is 2. The number of benzene rings is 1. The fourth-order valence-electron chi connectivity index (χ4n) is 4.86. The number of carbonyl (C=O) groups excluding carboxylic acids is 2. The zero-order valence-electron chi connectivity index (χ0n) is 20.6. The van der Waals surface area contributed by atoms with Gasteiger partial charge in [-0.2, -0.15) is 0 Å². The number of rotatable bonds is 8. The number of halogens is 1. The molecule has 190 valence electrons. The molecule has 1 saturated heterocycles. The number of hydrogen-bond acceptors (Lipinski definition) is 6. The van der Waals surface area contributed by atoms with Crippen LogP contribution in [0.1, 0.15) is 42.2 Å². The van der Waals surface area contributed by atoms with Crippen molar-refractivity contribution in [1.29, 1.82) is 0 Å². The summed E-state index contributed by atoms with van der Waals surface area (Å²) in [7, 11) is 1.49. The molecule has 2 aromatic heterocycles. The Labute approximate surface area is 208 Å². The molecular weight excluding hydrogens is 465 g/mol. The number of amides is 2. The first-order valence-electron chi connectivity index (χ1n) is 12.2. The molecule has 1 aliphatic heterocycles. The highest BCUT2D eigenvalue weighted by Crippen LogP contribution is 2.36. The van der Waals surface area contributed by atoms with Crippen molar-refractivity contribution in [2.45, 2.75) is 45.2 Å². The first-order chi connectivity index (χ1) is 17.4. The molecule has 3 heterocycles. The summed E-state index contributed by atoms with van der Waals surface area (Å²) < 4.78 is 25.2. The zero-order valence-corrected chi connectivity index (χ0v) is 20.6. The molecule has 1 aliphatic carbocycles. The van der Waals surface area contributed by atoms with Crippen molar-refractivity contribution in [1.82, 2.24) is 25.2 Å². The van der Waals surface area contributed by atoms with Crippen LogP contribution in [-0.2, 0) is 9.53 Å². The van der Waals surface area contributed by atoms with Gasteiger partial charge >= 0.3 is 0 Å². The molecule has 0 radical (unpaired) electrons. The summed E-state index contributed by atoms with van der Waals surface area (Å²) in [6.07, 6.45) is 4.30. The minimum atomic E-state index is -0.403. The van der Waals surface area contributed by atoms with Crippen LogP contribution in [-0.4, -0.2) is 70.6 Å². The summed E-state index contributed by atoms with van der Waals surface area (Å²) in [6, 6.07) is 4.18. The molecule has 2 amide bonds. The number of likely N-dealkylation sites (tertiary alicyclic amines) is 1. The first-order valence-corrected chi connectivity index (χ1v) is 12.2. The van der Waals surface area contributed by atoms with Crippen LogP contribution in [0.4, 0.5) is 4.39 Å². The molecule has 36 heavy (non-hydrogen) atoms. The minimum absolute atomic E-state index is 0.00187. The second kappa shape index (κ2) is 9.85. The number of nitrogens with one attached hydrogen (secondary N) is 2. The predicted molar refractivity (Wildman–Crippen MR) is 131 cm³/mol. The van der Waals surface area contributed by atoms with Crippen LogP contribution in [0.5, 0.6) is 5.75 Å². The molecule has 1 saturated carbocycles. The van der Waals surface area contributed by atoms with E-state index in [0.717, 1.165) is 12.8 Å². The first kappa shape index (κ1) is 24.2. The summed E-state index contributed by atoms with van der Waals surface area (Å²) in [4.78, 5) is 39.4. The third-order valence-corrected chi connectivity index (χ3v) is 6.86. The van der Waals surface area contributed by atoms with Crippen LogP contribution in [0, 0.1) is 18.7 Å². The molecule has 2 aliphatic rings. The number of methoxy groups -OCH3 is 1. The molecule has 1 aromatic carbocycles. The Morgan fingerprint density at radius 3 is 2.83 bits per heavy atom. The molecule has 0 bridgehead atoms. The fourth-order valence-corrected chi connectivity index (χ4v) is 4.86. The van der Waals surface area contributed by atoms with E-state index in [1.54, 1.807) is 17.9 Å². The van der Waals surface area contributed by atoms with Gasteiger partial charge in [0.15, 0.2) is 0 Å². The summed E-state index contributed by atoms with van der Waals surface area (Å²) in [5, 5.41) is 3.05. The number of aryl methyl sites for hydroxylation is 1. The van der Waals surface area contributed by atoms with Crippen molar-refractivity contribution in [3.8, 4) is 17.0 Å². The SMILES string of the molecule is COCC(=O)N1C[C@H](NC(=O)c2c(C)[nH]c3c(-c4cc(F)ccc4OCC4CC4)ncnc23)C[C@H]1C. The Hall–Kier alpha value is -3.53. The molecule has 2 fully saturated rings. The molecule has 0 unspecified atom stereocenters. The van der Waals surface area contributed by atoms with E-state index in [1.165, 1.54) is 25.6 Å². The molecule has 3 aromatic rings. The number of carbonyl (C=O) groups is 2. The Morgan fingerprint density at radius 1 is 1.28 bits per heavy atom. The van der Waals surface area contributed by atoms with Gasteiger partial charge in [-0.05, 0) is 57.2 Å². The number of nitrogens with zero attached hydrogens (tertiary/aromatic N) is 3. The monoisotopic (exact) mass is 495 g/mol. The maximum Gasteiger partial charge on any atom is 0.255 e. The predicted octanol–water partition coefficient (Wildman–Crippen LogP) is 3.23. The minimum Gasteiger partial charge on any atom is -0.493 e. The number of H-pyrrole nitrogens is 1. The average Bonchev–Trinajstić information content (AvgIpc) is 3.51. The van der Waals surface area contributed by atoms with E-state index in [0.29, 0.717) is 64.8 Å². The maximum atomic E-state index is 14.2. The second-order valence-electron chi connectivity index (χ2n) is 9.70. The molecule has 10 heteroatoms. The van der Waals surface area contributed by atoms with E-state index >= 15 is 0 Å². The van der Waals surface area contributed by atoms with Gasteiger partial charge in [-0.15, -0.1) is 0 Å². The Morgan fingerprint density at radius 2 is 2.08 bits per heavy atom. The lowest BCUT2D eigenvalue weighted by Crippen LogP contribution is -2.40. The zero-order chi connectivity index (χ0) is 25.4.